The summed E-state index contributed by atoms with van der Waals surface area (Å²) in [6.45, 7) is 8.08. The van der Waals surface area contributed by atoms with Crippen molar-refractivity contribution in [2.24, 2.45) is 0 Å². The second-order valence-electron chi connectivity index (χ2n) is 6.63. The van der Waals surface area contributed by atoms with Crippen LogP contribution in [0.4, 0.5) is 0 Å². The topological polar surface area (TPSA) is 67.4 Å². The third kappa shape index (κ3) is 5.33. The van der Waals surface area contributed by atoms with Gasteiger partial charge in [0.2, 0.25) is 5.01 Å². The van der Waals surface area contributed by atoms with E-state index in [-0.39, 0.29) is 5.91 Å². The molecule has 1 unspecified atom stereocenters. The molecule has 6 nitrogen and oxygen atoms in total. The molecule has 0 saturated carbocycles. The van der Waals surface area contributed by atoms with Crippen LogP contribution in [0.3, 0.4) is 0 Å². The van der Waals surface area contributed by atoms with Crippen LogP contribution >= 0.6 is 11.3 Å². The van der Waals surface area contributed by atoms with Crippen molar-refractivity contribution >= 4 is 17.2 Å². The average molecular weight is 375 g/mol. The van der Waals surface area contributed by atoms with Gasteiger partial charge in [0.05, 0.1) is 12.6 Å². The van der Waals surface area contributed by atoms with Gasteiger partial charge in [-0.1, -0.05) is 48.1 Å². The molecule has 1 atom stereocenters. The minimum absolute atomic E-state index is 0.170. The number of aryl methyl sites for hydroxylation is 1. The number of hydrogen-bond acceptors (Lipinski definition) is 6. The fraction of sp³-hybridized carbons (Fsp3) is 0.526. The molecule has 2 aromatic rings. The molecule has 7 heteroatoms. The van der Waals surface area contributed by atoms with E-state index in [4.69, 9.17) is 4.74 Å². The minimum Gasteiger partial charge on any atom is -0.377 e. The van der Waals surface area contributed by atoms with Crippen LogP contribution in [-0.2, 0) is 17.8 Å². The van der Waals surface area contributed by atoms with E-state index in [2.05, 4.69) is 27.3 Å². The lowest BCUT2D eigenvalue weighted by Gasteiger charge is -2.22. The molecule has 140 valence electrons. The maximum absolute atomic E-state index is 12.3. The molecule has 1 aliphatic heterocycles. The van der Waals surface area contributed by atoms with E-state index in [0.717, 1.165) is 43.1 Å². The monoisotopic (exact) mass is 374 g/mol. The first-order valence-corrected chi connectivity index (χ1v) is 9.95. The molecule has 1 saturated heterocycles. The number of nitrogens with zero attached hydrogens (tertiary/aromatic N) is 3. The molecule has 26 heavy (non-hydrogen) atoms. The summed E-state index contributed by atoms with van der Waals surface area (Å²) in [6.07, 6.45) is 2.59. The van der Waals surface area contributed by atoms with E-state index < -0.39 is 0 Å². The molecule has 0 radical (unpaired) electrons. The number of likely N-dealkylation sites (N-methyl/N-ethyl adjacent to an activating group) is 1. The van der Waals surface area contributed by atoms with Crippen molar-refractivity contribution in [1.82, 2.24) is 20.4 Å². The van der Waals surface area contributed by atoms with Crippen LogP contribution in [0, 0.1) is 6.92 Å². The maximum Gasteiger partial charge on any atom is 0.282 e. The number of ether oxygens (including phenoxy) is 1. The summed E-state index contributed by atoms with van der Waals surface area (Å²) in [5.41, 5.74) is 2.28. The van der Waals surface area contributed by atoms with Gasteiger partial charge < -0.3 is 10.1 Å². The molecule has 1 aromatic heterocycles. The predicted octanol–water partition coefficient (Wildman–Crippen LogP) is 2.78. The van der Waals surface area contributed by atoms with Crippen molar-refractivity contribution in [1.29, 1.82) is 0 Å². The number of carbonyl (C=O) groups is 1. The minimum atomic E-state index is -0.170. The van der Waals surface area contributed by atoms with Gasteiger partial charge in [0.15, 0.2) is 0 Å². The molecule has 3 rings (SSSR count). The van der Waals surface area contributed by atoms with Gasteiger partial charge in [-0.3, -0.25) is 9.69 Å². The summed E-state index contributed by atoms with van der Waals surface area (Å²) >= 11 is 1.36. The molecule has 1 aromatic carbocycles. The largest absolute Gasteiger partial charge is 0.377 e. The second-order valence-corrected chi connectivity index (χ2v) is 7.69. The lowest BCUT2D eigenvalue weighted by molar-refractivity contribution is 0.0724. The number of rotatable bonds is 8. The van der Waals surface area contributed by atoms with Gasteiger partial charge in [0.1, 0.15) is 5.01 Å². The van der Waals surface area contributed by atoms with E-state index in [1.54, 1.807) is 0 Å². The number of hydrogen-bond donors (Lipinski definition) is 1. The zero-order valence-electron chi connectivity index (χ0n) is 15.4. The molecule has 1 fully saturated rings. The number of benzene rings is 1. The number of amides is 1. The van der Waals surface area contributed by atoms with Crippen LogP contribution in [0.2, 0.25) is 0 Å². The fourth-order valence-electron chi connectivity index (χ4n) is 2.95. The van der Waals surface area contributed by atoms with Gasteiger partial charge in [-0.2, -0.15) is 0 Å². The normalized spacial score (nSPS) is 17.0. The summed E-state index contributed by atoms with van der Waals surface area (Å²) < 4.78 is 5.71. The third-order valence-electron chi connectivity index (χ3n) is 4.53. The lowest BCUT2D eigenvalue weighted by Crippen LogP contribution is -2.31. The Morgan fingerprint density at radius 1 is 1.35 bits per heavy atom. The predicted molar refractivity (Wildman–Crippen MR) is 102 cm³/mol. The molecule has 0 aliphatic carbocycles. The number of carbonyl (C=O) groups excluding carboxylic acids is 1. The zero-order valence-corrected chi connectivity index (χ0v) is 16.2. The SMILES string of the molecule is CCN(Cc1nnc(C(=O)NCc2ccc(C)cc2)s1)CC1CCCO1. The van der Waals surface area contributed by atoms with Crippen molar-refractivity contribution in [3.8, 4) is 0 Å². The van der Waals surface area contributed by atoms with Crippen molar-refractivity contribution in [2.75, 3.05) is 19.7 Å². The smallest absolute Gasteiger partial charge is 0.282 e. The summed E-state index contributed by atoms with van der Waals surface area (Å²) in [5, 5.41) is 12.4. The Hall–Kier alpha value is -1.83. The molecule has 1 N–H and O–H groups in total. The average Bonchev–Trinajstić information content (AvgIpc) is 3.32. The van der Waals surface area contributed by atoms with Crippen molar-refractivity contribution in [3.63, 3.8) is 0 Å². The maximum atomic E-state index is 12.3. The lowest BCUT2D eigenvalue weighted by atomic mass is 10.1. The third-order valence-corrected chi connectivity index (χ3v) is 5.43. The second kappa shape index (κ2) is 9.21. The van der Waals surface area contributed by atoms with Gasteiger partial charge in [0, 0.05) is 19.7 Å². The van der Waals surface area contributed by atoms with Gasteiger partial charge >= 0.3 is 0 Å². The van der Waals surface area contributed by atoms with E-state index in [1.165, 1.54) is 16.9 Å². The Morgan fingerprint density at radius 2 is 2.15 bits per heavy atom. The summed E-state index contributed by atoms with van der Waals surface area (Å²) in [5.74, 6) is -0.170. The molecule has 2 heterocycles. The summed E-state index contributed by atoms with van der Waals surface area (Å²) in [7, 11) is 0. The van der Waals surface area contributed by atoms with E-state index >= 15 is 0 Å². The van der Waals surface area contributed by atoms with Crippen LogP contribution in [0.15, 0.2) is 24.3 Å². The zero-order chi connectivity index (χ0) is 18.4. The van der Waals surface area contributed by atoms with E-state index in [1.807, 2.05) is 31.2 Å². The summed E-state index contributed by atoms with van der Waals surface area (Å²) in [6, 6.07) is 8.12. The highest BCUT2D eigenvalue weighted by atomic mass is 32.1. The molecular formula is C19H26N4O2S. The van der Waals surface area contributed by atoms with Gasteiger partial charge in [0.25, 0.3) is 5.91 Å². The van der Waals surface area contributed by atoms with E-state index in [0.29, 0.717) is 24.2 Å². The first kappa shape index (κ1) is 18.9. The molecular weight excluding hydrogens is 348 g/mol. The fourth-order valence-corrected chi connectivity index (χ4v) is 3.74. The van der Waals surface area contributed by atoms with Crippen molar-refractivity contribution < 1.29 is 9.53 Å². The Balaban J connectivity index is 1.50. The van der Waals surface area contributed by atoms with Gasteiger partial charge in [-0.05, 0) is 31.9 Å². The Morgan fingerprint density at radius 3 is 2.85 bits per heavy atom. The first-order valence-electron chi connectivity index (χ1n) is 9.14. The van der Waals surface area contributed by atoms with Crippen LogP contribution < -0.4 is 5.32 Å². The molecule has 1 aliphatic rings. The van der Waals surface area contributed by atoms with Crippen LogP contribution in [0.5, 0.6) is 0 Å². The molecule has 1 amide bonds. The van der Waals surface area contributed by atoms with Gasteiger partial charge in [-0.15, -0.1) is 10.2 Å². The molecule has 0 spiro atoms. The standard InChI is InChI=1S/C19H26N4O2S/c1-3-23(12-16-5-4-10-25-16)13-17-21-22-19(26-17)18(24)20-11-15-8-6-14(2)7-9-15/h6-9,16H,3-5,10-13H2,1-2H3,(H,20,24). The number of nitrogens with one attached hydrogen (secondary N) is 1. The quantitative estimate of drug-likeness (QED) is 0.770. The van der Waals surface area contributed by atoms with Crippen molar-refractivity contribution in [2.45, 2.75) is 45.9 Å². The van der Waals surface area contributed by atoms with E-state index in [9.17, 15) is 4.79 Å². The Labute approximate surface area is 158 Å². The van der Waals surface area contributed by atoms with Gasteiger partial charge in [-0.25, -0.2) is 0 Å². The van der Waals surface area contributed by atoms with Crippen molar-refractivity contribution in [3.05, 3.63) is 45.4 Å². The Bertz CT molecular complexity index is 711. The van der Waals surface area contributed by atoms with Crippen LogP contribution in [-0.4, -0.2) is 46.8 Å². The van der Waals surface area contributed by atoms with Crippen LogP contribution in [0.1, 0.15) is 45.7 Å². The Kier molecular flexibility index (Phi) is 6.71. The van der Waals surface area contributed by atoms with Crippen LogP contribution in [0.25, 0.3) is 0 Å². The highest BCUT2D eigenvalue weighted by Gasteiger charge is 2.20. The number of aromatic nitrogens is 2. The molecule has 0 bridgehead atoms. The highest BCUT2D eigenvalue weighted by Crippen LogP contribution is 2.17. The highest BCUT2D eigenvalue weighted by molar-refractivity contribution is 7.13. The summed E-state index contributed by atoms with van der Waals surface area (Å²) in [4.78, 5) is 14.6. The first-order chi connectivity index (χ1) is 12.6.